The van der Waals surface area contributed by atoms with Gasteiger partial charge in [0.05, 0.1) is 0 Å². The first-order chi connectivity index (χ1) is 8.19. The Labute approximate surface area is 106 Å². The molecule has 1 aromatic carbocycles. The van der Waals surface area contributed by atoms with E-state index in [1.807, 2.05) is 24.3 Å². The molecule has 6 heteroatoms. The van der Waals surface area contributed by atoms with Gasteiger partial charge in [-0.1, -0.05) is 11.6 Å². The van der Waals surface area contributed by atoms with E-state index in [0.717, 1.165) is 15.0 Å². The number of amides is 1. The third-order valence-corrected chi connectivity index (χ3v) is 3.35. The highest BCUT2D eigenvalue weighted by molar-refractivity contribution is 7.19. The summed E-state index contributed by atoms with van der Waals surface area (Å²) in [5.74, 6) is -0.546. The second kappa shape index (κ2) is 5.01. The Morgan fingerprint density at radius 1 is 1.47 bits per heavy atom. The lowest BCUT2D eigenvalue weighted by molar-refractivity contribution is -0.113. The summed E-state index contributed by atoms with van der Waals surface area (Å²) in [6.07, 6.45) is 2.93. The zero-order valence-corrected chi connectivity index (χ0v) is 10.1. The first-order valence-corrected chi connectivity index (χ1v) is 5.87. The highest BCUT2D eigenvalue weighted by Gasteiger charge is 2.02. The average molecular weight is 265 g/mol. The molecule has 0 atom stereocenters. The molecule has 84 valence electrons. The van der Waals surface area contributed by atoms with Crippen LogP contribution in [0.3, 0.4) is 0 Å². The molecule has 4 nitrogen and oxygen atoms in total. The average Bonchev–Trinajstić information content (AvgIpc) is 2.68. The molecule has 2 aromatic rings. The van der Waals surface area contributed by atoms with Gasteiger partial charge in [-0.05, 0) is 35.7 Å². The monoisotopic (exact) mass is 264 g/mol. The van der Waals surface area contributed by atoms with E-state index >= 15 is 0 Å². The number of carbonyl (C=O) groups is 1. The molecular weight excluding hydrogens is 258 g/mol. The Bertz CT molecular complexity index is 656. The molecule has 17 heavy (non-hydrogen) atoms. The molecule has 1 aromatic heterocycles. The Balaban J connectivity index is 2.31. The van der Waals surface area contributed by atoms with Crippen LogP contribution in [-0.2, 0) is 4.79 Å². The number of benzene rings is 1. The first-order valence-electron chi connectivity index (χ1n) is 4.67. The van der Waals surface area contributed by atoms with Crippen molar-refractivity contribution in [2.75, 3.05) is 0 Å². The maximum atomic E-state index is 11.0. The Hall–Kier alpha value is -1.81. The number of rotatable bonds is 2. The van der Waals surface area contributed by atoms with Crippen LogP contribution in [0.5, 0.6) is 0 Å². The molecule has 0 saturated heterocycles. The van der Waals surface area contributed by atoms with Crippen molar-refractivity contribution in [3.05, 3.63) is 40.2 Å². The second-order valence-electron chi connectivity index (χ2n) is 3.20. The van der Waals surface area contributed by atoms with E-state index in [4.69, 9.17) is 17.1 Å². The number of fused-ring (bicyclic) bond motifs is 1. The van der Waals surface area contributed by atoms with Gasteiger partial charge in [0, 0.05) is 20.7 Å². The van der Waals surface area contributed by atoms with Gasteiger partial charge in [-0.25, -0.2) is 0 Å². The normalized spacial score (nSPS) is 10.6. The summed E-state index contributed by atoms with van der Waals surface area (Å²) in [7, 11) is 0. The summed E-state index contributed by atoms with van der Waals surface area (Å²) in [5.41, 5.74) is 6.42. The first kappa shape index (κ1) is 11.7. The van der Waals surface area contributed by atoms with Gasteiger partial charge in [-0.3, -0.25) is 4.79 Å². The van der Waals surface area contributed by atoms with Crippen molar-refractivity contribution >= 4 is 45.0 Å². The predicted molar refractivity (Wildman–Crippen MR) is 68.2 cm³/mol. The fourth-order valence-electron chi connectivity index (χ4n) is 1.35. The molecule has 0 unspecified atom stereocenters. The second-order valence-corrected chi connectivity index (χ2v) is 4.75. The van der Waals surface area contributed by atoms with Gasteiger partial charge in [0.15, 0.2) is 0 Å². The molecule has 0 spiro atoms. The smallest absolute Gasteiger partial charge is 0.260 e. The minimum Gasteiger partial charge on any atom is -0.260 e. The minimum absolute atomic E-state index is 0.546. The van der Waals surface area contributed by atoms with Crippen LogP contribution in [0.1, 0.15) is 4.88 Å². The van der Waals surface area contributed by atoms with Crippen molar-refractivity contribution in [3.8, 4) is 0 Å². The summed E-state index contributed by atoms with van der Waals surface area (Å²) in [4.78, 5) is 14.6. The topological polar surface area (TPSA) is 67.4 Å². The van der Waals surface area contributed by atoms with E-state index in [1.165, 1.54) is 6.08 Å². The minimum atomic E-state index is -0.546. The van der Waals surface area contributed by atoms with E-state index < -0.39 is 5.91 Å². The zero-order valence-electron chi connectivity index (χ0n) is 8.55. The third-order valence-electron chi connectivity index (χ3n) is 2.04. The van der Waals surface area contributed by atoms with E-state index in [2.05, 4.69) is 10.0 Å². The number of thiophene rings is 1. The number of carbonyl (C=O) groups excluding carboxylic acids is 1. The fraction of sp³-hybridized carbons (Fsp3) is 0. The van der Waals surface area contributed by atoms with Crippen LogP contribution in [0.2, 0.25) is 5.02 Å². The van der Waals surface area contributed by atoms with Crippen LogP contribution in [0.15, 0.2) is 35.5 Å². The van der Waals surface area contributed by atoms with Gasteiger partial charge >= 0.3 is 5.91 Å². The van der Waals surface area contributed by atoms with Crippen LogP contribution < -0.4 is 4.91 Å². The van der Waals surface area contributed by atoms with Crippen LogP contribution in [-0.4, -0.2) is 5.91 Å². The van der Waals surface area contributed by atoms with Gasteiger partial charge in [0.1, 0.15) is 5.53 Å². The molecule has 1 N–H and O–H groups in total. The molecular formula is C11H7ClN3OS+. The Kier molecular flexibility index (Phi) is 3.44. The third kappa shape index (κ3) is 2.85. The lowest BCUT2D eigenvalue weighted by atomic mass is 10.2. The van der Waals surface area contributed by atoms with Crippen LogP contribution >= 0.6 is 22.9 Å². The van der Waals surface area contributed by atoms with Crippen LogP contribution in [0.4, 0.5) is 0 Å². The molecule has 0 aliphatic rings. The molecule has 1 heterocycles. The van der Waals surface area contributed by atoms with Crippen LogP contribution in [0, 0.1) is 5.53 Å². The highest BCUT2D eigenvalue weighted by atomic mass is 35.5. The lowest BCUT2D eigenvalue weighted by Crippen LogP contribution is -1.83. The van der Waals surface area contributed by atoms with Crippen molar-refractivity contribution in [3.63, 3.8) is 0 Å². The number of hydrogen-bond donors (Lipinski definition) is 1. The van der Waals surface area contributed by atoms with Crippen molar-refractivity contribution in [1.82, 2.24) is 4.91 Å². The van der Waals surface area contributed by atoms with Gasteiger partial charge in [-0.2, -0.15) is 0 Å². The molecule has 2 rings (SSSR count). The van der Waals surface area contributed by atoms with E-state index in [1.54, 1.807) is 17.4 Å². The van der Waals surface area contributed by atoms with Crippen LogP contribution in [0.25, 0.3) is 16.2 Å². The van der Waals surface area contributed by atoms with E-state index in [9.17, 15) is 4.79 Å². The van der Waals surface area contributed by atoms with Crippen molar-refractivity contribution in [1.29, 1.82) is 5.53 Å². The summed E-state index contributed by atoms with van der Waals surface area (Å²) in [5, 5.41) is 4.78. The number of hydrogen-bond acceptors (Lipinski definition) is 3. The van der Waals surface area contributed by atoms with Crippen molar-refractivity contribution < 1.29 is 4.79 Å². The molecule has 0 saturated carbocycles. The fourth-order valence-corrected chi connectivity index (χ4v) is 2.48. The molecule has 0 fully saturated rings. The predicted octanol–water partition coefficient (Wildman–Crippen LogP) is 3.64. The van der Waals surface area contributed by atoms with Crippen molar-refractivity contribution in [2.45, 2.75) is 0 Å². The quantitative estimate of drug-likeness (QED) is 0.502. The Morgan fingerprint density at radius 3 is 3.06 bits per heavy atom. The molecule has 1 amide bonds. The Morgan fingerprint density at radius 2 is 2.29 bits per heavy atom. The van der Waals surface area contributed by atoms with Gasteiger partial charge in [0.2, 0.25) is 10.0 Å². The molecule has 0 aliphatic heterocycles. The van der Waals surface area contributed by atoms with E-state index in [0.29, 0.717) is 5.02 Å². The zero-order chi connectivity index (χ0) is 12.3. The maximum absolute atomic E-state index is 11.0. The lowest BCUT2D eigenvalue weighted by Gasteiger charge is -1.87. The molecule has 0 radical (unpaired) electrons. The number of nitrogens with one attached hydrogen (secondary N) is 1. The van der Waals surface area contributed by atoms with Gasteiger partial charge in [0.25, 0.3) is 0 Å². The molecule has 0 aliphatic carbocycles. The largest absolute Gasteiger partial charge is 0.353 e. The molecule has 0 bridgehead atoms. The summed E-state index contributed by atoms with van der Waals surface area (Å²) in [6.45, 7) is 0. The van der Waals surface area contributed by atoms with E-state index in [-0.39, 0.29) is 0 Å². The summed E-state index contributed by atoms with van der Waals surface area (Å²) in [6, 6.07) is 7.57. The standard InChI is InChI=1S/C11H7ClN3OS/c12-8-1-3-10-7(5-8)6-9(17-10)2-4-11(16)14-15-13/h1-6,13H/q+1/b4-2+. The SMILES string of the molecule is N=[N+]=NC(=O)/C=C/c1cc2cc(Cl)ccc2s1. The van der Waals surface area contributed by atoms with Gasteiger partial charge < -0.3 is 0 Å². The summed E-state index contributed by atoms with van der Waals surface area (Å²) >= 11 is 7.43. The number of nitrogens with zero attached hydrogens (tertiary/aromatic N) is 2. The maximum Gasteiger partial charge on any atom is 0.353 e. The number of halogens is 1. The van der Waals surface area contributed by atoms with Crippen molar-refractivity contribution in [2.24, 2.45) is 5.11 Å². The summed E-state index contributed by atoms with van der Waals surface area (Å²) < 4.78 is 1.10. The highest BCUT2D eigenvalue weighted by Crippen LogP contribution is 2.28. The van der Waals surface area contributed by atoms with Gasteiger partial charge in [-0.15, -0.1) is 11.3 Å².